The molecule has 228 valence electrons. The second kappa shape index (κ2) is 11.3. The molecule has 2 aliphatic rings. The molecule has 1 N–H and O–H groups in total. The van der Waals surface area contributed by atoms with Crippen molar-refractivity contribution in [3.63, 3.8) is 0 Å². The van der Waals surface area contributed by atoms with E-state index in [1.54, 1.807) is 33.8 Å². The molecule has 0 radical (unpaired) electrons. The van der Waals surface area contributed by atoms with Gasteiger partial charge >= 0.3 is 5.97 Å². The largest absolute Gasteiger partial charge is 0.492 e. The summed E-state index contributed by atoms with van der Waals surface area (Å²) in [5.74, 6) is -2.38. The van der Waals surface area contributed by atoms with Crippen molar-refractivity contribution < 1.29 is 37.7 Å². The SMILES string of the molecule is COc1c(F)cccc1N1Cc2c(C)c(-c3cc(F)c4c(c3C)CCCO4)c([C@H](OC(C)(C)C)C(=O)O)c(C)c2CC1=O. The molecule has 0 aliphatic carbocycles. The van der Waals surface area contributed by atoms with Crippen LogP contribution in [0.3, 0.4) is 0 Å². The molecule has 7 nitrogen and oxygen atoms in total. The van der Waals surface area contributed by atoms with E-state index in [0.29, 0.717) is 52.1 Å². The van der Waals surface area contributed by atoms with Crippen LogP contribution < -0.4 is 14.4 Å². The molecule has 2 heterocycles. The topological polar surface area (TPSA) is 85.3 Å². The lowest BCUT2D eigenvalue weighted by molar-refractivity contribution is -0.160. The van der Waals surface area contributed by atoms with Crippen molar-refractivity contribution in [2.24, 2.45) is 0 Å². The van der Waals surface area contributed by atoms with E-state index in [1.165, 1.54) is 30.2 Å². The number of ether oxygens (including phenoxy) is 3. The number of carbonyl (C=O) groups excluding carboxylic acids is 1. The van der Waals surface area contributed by atoms with Gasteiger partial charge in [0.2, 0.25) is 5.91 Å². The molecule has 9 heteroatoms. The third-order valence-corrected chi connectivity index (χ3v) is 8.37. The fourth-order valence-corrected chi connectivity index (χ4v) is 6.41. The standard InChI is InChI=1S/C34H37F2NO6/c1-17-20-10-9-13-42-30(20)25(36)14-22(17)28-19(3)23-16-37(26-12-8-11-24(35)31(26)41-7)27(38)15-21(23)18(2)29(28)32(33(39)40)43-34(4,5)6/h8,11-12,14,32H,9-10,13,15-16H2,1-7H3,(H,39,40)/t32-/m0/s1. The summed E-state index contributed by atoms with van der Waals surface area (Å²) in [5.41, 5.74) is 5.31. The summed E-state index contributed by atoms with van der Waals surface area (Å²) >= 11 is 0. The van der Waals surface area contributed by atoms with Gasteiger partial charge in [0.05, 0.1) is 38.0 Å². The molecule has 5 rings (SSSR count). The minimum atomic E-state index is -1.38. The van der Waals surface area contributed by atoms with Crippen LogP contribution in [0.4, 0.5) is 14.5 Å². The molecule has 1 atom stereocenters. The van der Waals surface area contributed by atoms with Gasteiger partial charge in [-0.05, 0) is 112 Å². The van der Waals surface area contributed by atoms with Gasteiger partial charge in [-0.3, -0.25) is 4.79 Å². The Balaban J connectivity index is 1.82. The van der Waals surface area contributed by atoms with E-state index in [1.807, 2.05) is 13.8 Å². The van der Waals surface area contributed by atoms with E-state index in [2.05, 4.69) is 0 Å². The normalized spacial score (nSPS) is 15.5. The second-order valence-electron chi connectivity index (χ2n) is 12.2. The van der Waals surface area contributed by atoms with E-state index < -0.39 is 29.3 Å². The molecule has 0 saturated carbocycles. The summed E-state index contributed by atoms with van der Waals surface area (Å²) in [6.45, 7) is 11.4. The van der Waals surface area contributed by atoms with Crippen LogP contribution in [0, 0.1) is 32.4 Å². The Kier molecular flexibility index (Phi) is 7.98. The Morgan fingerprint density at radius 3 is 2.42 bits per heavy atom. The van der Waals surface area contributed by atoms with E-state index in [4.69, 9.17) is 14.2 Å². The van der Waals surface area contributed by atoms with Crippen LogP contribution in [0.5, 0.6) is 11.5 Å². The van der Waals surface area contributed by atoms with Crippen molar-refractivity contribution in [1.82, 2.24) is 0 Å². The minimum absolute atomic E-state index is 0.0392. The summed E-state index contributed by atoms with van der Waals surface area (Å²) in [6, 6.07) is 5.82. The van der Waals surface area contributed by atoms with Crippen molar-refractivity contribution in [2.75, 3.05) is 18.6 Å². The number of hydrogen-bond donors (Lipinski definition) is 1. The van der Waals surface area contributed by atoms with Crippen LogP contribution >= 0.6 is 0 Å². The number of anilines is 1. The Morgan fingerprint density at radius 2 is 1.77 bits per heavy atom. The highest BCUT2D eigenvalue weighted by Crippen LogP contribution is 2.47. The molecule has 0 aromatic heterocycles. The number of methoxy groups -OCH3 is 1. The summed E-state index contributed by atoms with van der Waals surface area (Å²) in [5, 5.41) is 10.5. The van der Waals surface area contributed by atoms with Gasteiger partial charge in [-0.15, -0.1) is 0 Å². The highest BCUT2D eigenvalue weighted by atomic mass is 19.1. The summed E-state index contributed by atoms with van der Waals surface area (Å²) in [4.78, 5) is 27.9. The summed E-state index contributed by atoms with van der Waals surface area (Å²) in [7, 11) is 1.35. The number of carbonyl (C=O) groups is 2. The lowest BCUT2D eigenvalue weighted by atomic mass is 9.78. The Labute approximate surface area is 250 Å². The second-order valence-corrected chi connectivity index (χ2v) is 12.2. The molecule has 0 bridgehead atoms. The molecule has 3 aromatic rings. The number of nitrogens with zero attached hydrogens (tertiary/aromatic N) is 1. The molecular weight excluding hydrogens is 556 g/mol. The molecule has 0 unspecified atom stereocenters. The van der Waals surface area contributed by atoms with Crippen molar-refractivity contribution in [1.29, 1.82) is 0 Å². The Bertz CT molecular complexity index is 1640. The zero-order valence-corrected chi connectivity index (χ0v) is 25.6. The predicted octanol–water partition coefficient (Wildman–Crippen LogP) is 6.92. The number of carboxylic acids is 1. The number of para-hydroxylation sites is 1. The monoisotopic (exact) mass is 593 g/mol. The predicted molar refractivity (Wildman–Crippen MR) is 159 cm³/mol. The maximum Gasteiger partial charge on any atom is 0.337 e. The first-order valence-electron chi connectivity index (χ1n) is 14.4. The van der Waals surface area contributed by atoms with Crippen LogP contribution in [-0.4, -0.2) is 36.3 Å². The molecule has 2 aliphatic heterocycles. The average molecular weight is 594 g/mol. The van der Waals surface area contributed by atoms with Gasteiger partial charge in [0.25, 0.3) is 0 Å². The molecule has 3 aromatic carbocycles. The van der Waals surface area contributed by atoms with Crippen LogP contribution in [0.1, 0.15) is 72.2 Å². The van der Waals surface area contributed by atoms with Crippen LogP contribution in [0.25, 0.3) is 11.1 Å². The molecule has 0 saturated heterocycles. The van der Waals surface area contributed by atoms with Crippen molar-refractivity contribution in [2.45, 2.75) is 79.1 Å². The van der Waals surface area contributed by atoms with Crippen LogP contribution in [0.15, 0.2) is 24.3 Å². The molecule has 0 spiro atoms. The zero-order valence-electron chi connectivity index (χ0n) is 25.6. The Hall–Kier alpha value is -3.98. The number of rotatable bonds is 6. The minimum Gasteiger partial charge on any atom is -0.492 e. The number of fused-ring (bicyclic) bond motifs is 2. The number of halogens is 2. The zero-order chi connectivity index (χ0) is 31.4. The fourth-order valence-electron chi connectivity index (χ4n) is 6.41. The van der Waals surface area contributed by atoms with Gasteiger partial charge < -0.3 is 24.2 Å². The van der Waals surface area contributed by atoms with Gasteiger partial charge in [-0.25, -0.2) is 13.6 Å². The fraction of sp³-hybridized carbons (Fsp3) is 0.412. The van der Waals surface area contributed by atoms with E-state index >= 15 is 4.39 Å². The number of aliphatic carboxylic acids is 1. The quantitative estimate of drug-likeness (QED) is 0.334. The van der Waals surface area contributed by atoms with Crippen LogP contribution in [0.2, 0.25) is 0 Å². The third-order valence-electron chi connectivity index (χ3n) is 8.37. The molecule has 0 fully saturated rings. The first-order valence-corrected chi connectivity index (χ1v) is 14.4. The lowest BCUT2D eigenvalue weighted by Crippen LogP contribution is -2.38. The number of carboxylic acid groups (broad SMARTS) is 1. The van der Waals surface area contributed by atoms with Gasteiger partial charge in [0.15, 0.2) is 29.2 Å². The lowest BCUT2D eigenvalue weighted by Gasteiger charge is -2.36. The summed E-state index contributed by atoms with van der Waals surface area (Å²) < 4.78 is 47.4. The van der Waals surface area contributed by atoms with Gasteiger partial charge in [0, 0.05) is 11.1 Å². The average Bonchev–Trinajstić information content (AvgIpc) is 2.95. The van der Waals surface area contributed by atoms with Crippen LogP contribution in [-0.2, 0) is 33.7 Å². The first-order chi connectivity index (χ1) is 20.2. The summed E-state index contributed by atoms with van der Waals surface area (Å²) in [6.07, 6.45) is -0.0526. The van der Waals surface area contributed by atoms with Crippen molar-refractivity contribution in [3.8, 4) is 22.6 Å². The Morgan fingerprint density at radius 1 is 1.05 bits per heavy atom. The van der Waals surface area contributed by atoms with Gasteiger partial charge in [-0.2, -0.15) is 0 Å². The molecular formula is C34H37F2NO6. The highest BCUT2D eigenvalue weighted by molar-refractivity contribution is 5.99. The van der Waals surface area contributed by atoms with E-state index in [0.717, 1.165) is 23.1 Å². The third kappa shape index (κ3) is 5.35. The van der Waals surface area contributed by atoms with Gasteiger partial charge in [0.1, 0.15) is 0 Å². The number of hydrogen-bond acceptors (Lipinski definition) is 5. The number of amides is 1. The van der Waals surface area contributed by atoms with E-state index in [-0.39, 0.29) is 30.4 Å². The molecule has 43 heavy (non-hydrogen) atoms. The smallest absolute Gasteiger partial charge is 0.337 e. The highest BCUT2D eigenvalue weighted by Gasteiger charge is 2.38. The van der Waals surface area contributed by atoms with Gasteiger partial charge in [-0.1, -0.05) is 6.07 Å². The van der Waals surface area contributed by atoms with E-state index in [9.17, 15) is 19.1 Å². The number of benzene rings is 3. The first kappa shape index (κ1) is 30.5. The molecule has 1 amide bonds. The van der Waals surface area contributed by atoms with Crippen molar-refractivity contribution in [3.05, 3.63) is 74.8 Å². The maximum atomic E-state index is 15.6. The van der Waals surface area contributed by atoms with Crippen molar-refractivity contribution >= 4 is 17.6 Å². The maximum absolute atomic E-state index is 15.6.